The molecule has 0 amide bonds. The molecule has 2 heteroatoms. The number of benzene rings is 2. The van der Waals surface area contributed by atoms with Crippen LogP contribution < -0.4 is 5.32 Å². The molecule has 1 N–H and O–H groups in total. The molecule has 0 saturated carbocycles. The lowest BCUT2D eigenvalue weighted by Crippen LogP contribution is -2.14. The zero-order valence-corrected chi connectivity index (χ0v) is 11.6. The van der Waals surface area contributed by atoms with Crippen LogP contribution in [0, 0.1) is 13.8 Å². The second kappa shape index (κ2) is 6.03. The summed E-state index contributed by atoms with van der Waals surface area (Å²) in [5, 5.41) is 4.26. The van der Waals surface area contributed by atoms with E-state index in [9.17, 15) is 0 Å². The maximum atomic E-state index is 5.96. The number of nitrogens with one attached hydrogen (secondary N) is 1. The van der Waals surface area contributed by atoms with Gasteiger partial charge in [0.25, 0.3) is 0 Å². The summed E-state index contributed by atoms with van der Waals surface area (Å²) in [6, 6.07) is 14.4. The molecule has 0 radical (unpaired) electrons. The molecule has 0 saturated heterocycles. The monoisotopic (exact) mass is 259 g/mol. The van der Waals surface area contributed by atoms with Gasteiger partial charge < -0.3 is 5.32 Å². The number of hydrogen-bond acceptors (Lipinski definition) is 1. The van der Waals surface area contributed by atoms with Crippen LogP contribution in [0.25, 0.3) is 0 Å². The first-order chi connectivity index (χ1) is 8.66. The van der Waals surface area contributed by atoms with Crippen LogP contribution in [0.3, 0.4) is 0 Å². The van der Waals surface area contributed by atoms with Gasteiger partial charge in [0.05, 0.1) is 0 Å². The molecule has 2 rings (SSSR count). The summed E-state index contributed by atoms with van der Waals surface area (Å²) in [4.78, 5) is 0. The minimum atomic E-state index is 0.793. The molecule has 0 bridgehead atoms. The van der Waals surface area contributed by atoms with Crippen LogP contribution in [0.2, 0.25) is 5.02 Å². The van der Waals surface area contributed by atoms with Crippen molar-refractivity contribution in [2.24, 2.45) is 0 Å². The Morgan fingerprint density at radius 1 is 0.944 bits per heavy atom. The van der Waals surface area contributed by atoms with Gasteiger partial charge in [0.15, 0.2) is 0 Å². The third-order valence-electron chi connectivity index (χ3n) is 3.16. The summed E-state index contributed by atoms with van der Waals surface area (Å²) < 4.78 is 0. The van der Waals surface area contributed by atoms with Crippen molar-refractivity contribution in [1.29, 1.82) is 0 Å². The standard InChI is InChI=1S/C16H18ClN/c1-12-5-3-6-13(2)16(12)11-18-10-14-7-4-8-15(17)9-14/h3-9,18H,10-11H2,1-2H3. The second-order valence-corrected chi connectivity index (χ2v) is 5.04. The average Bonchev–Trinajstić information content (AvgIpc) is 2.33. The highest BCUT2D eigenvalue weighted by Gasteiger charge is 2.01. The Morgan fingerprint density at radius 3 is 2.28 bits per heavy atom. The third-order valence-corrected chi connectivity index (χ3v) is 3.40. The zero-order chi connectivity index (χ0) is 13.0. The minimum absolute atomic E-state index is 0.793. The predicted octanol–water partition coefficient (Wildman–Crippen LogP) is 4.25. The molecule has 2 aromatic rings. The largest absolute Gasteiger partial charge is 0.309 e. The summed E-state index contributed by atoms with van der Waals surface area (Å²) in [6.45, 7) is 6.05. The highest BCUT2D eigenvalue weighted by Crippen LogP contribution is 2.14. The summed E-state index contributed by atoms with van der Waals surface area (Å²) >= 11 is 5.96. The molecule has 0 fully saturated rings. The van der Waals surface area contributed by atoms with Crippen molar-refractivity contribution in [3.8, 4) is 0 Å². The van der Waals surface area contributed by atoms with Gasteiger partial charge in [-0.05, 0) is 48.2 Å². The molecule has 18 heavy (non-hydrogen) atoms. The van der Waals surface area contributed by atoms with Crippen molar-refractivity contribution >= 4 is 11.6 Å². The van der Waals surface area contributed by atoms with Gasteiger partial charge in [0.1, 0.15) is 0 Å². The van der Waals surface area contributed by atoms with Crippen LogP contribution >= 0.6 is 11.6 Å². The molecule has 0 aliphatic rings. The van der Waals surface area contributed by atoms with Gasteiger partial charge >= 0.3 is 0 Å². The molecule has 2 aromatic carbocycles. The maximum absolute atomic E-state index is 5.96. The van der Waals surface area contributed by atoms with Crippen molar-refractivity contribution in [3.05, 3.63) is 69.7 Å². The smallest absolute Gasteiger partial charge is 0.0409 e. The van der Waals surface area contributed by atoms with Gasteiger partial charge in [-0.2, -0.15) is 0 Å². The number of hydrogen-bond donors (Lipinski definition) is 1. The fraction of sp³-hybridized carbons (Fsp3) is 0.250. The summed E-state index contributed by atoms with van der Waals surface area (Å²) in [6.07, 6.45) is 0. The Bertz CT molecular complexity index is 514. The van der Waals surface area contributed by atoms with Crippen LogP contribution in [0.1, 0.15) is 22.3 Å². The second-order valence-electron chi connectivity index (χ2n) is 4.60. The van der Waals surface area contributed by atoms with Crippen molar-refractivity contribution in [1.82, 2.24) is 5.32 Å². The van der Waals surface area contributed by atoms with E-state index >= 15 is 0 Å². The quantitative estimate of drug-likeness (QED) is 0.866. The highest BCUT2D eigenvalue weighted by atomic mass is 35.5. The first-order valence-electron chi connectivity index (χ1n) is 6.17. The predicted molar refractivity (Wildman–Crippen MR) is 77.9 cm³/mol. The molecular formula is C16H18ClN. The van der Waals surface area contributed by atoms with Crippen LogP contribution in [0.4, 0.5) is 0 Å². The average molecular weight is 260 g/mol. The molecule has 0 aromatic heterocycles. The normalized spacial score (nSPS) is 10.6. The van der Waals surface area contributed by atoms with Gasteiger partial charge in [0.2, 0.25) is 0 Å². The molecule has 0 atom stereocenters. The molecule has 0 heterocycles. The summed E-state index contributed by atoms with van der Waals surface area (Å²) in [5.74, 6) is 0. The number of aryl methyl sites for hydroxylation is 2. The fourth-order valence-corrected chi connectivity index (χ4v) is 2.32. The zero-order valence-electron chi connectivity index (χ0n) is 10.8. The molecule has 0 aliphatic heterocycles. The van der Waals surface area contributed by atoms with Gasteiger partial charge in [-0.1, -0.05) is 41.9 Å². The van der Waals surface area contributed by atoms with E-state index in [1.54, 1.807) is 0 Å². The molecule has 0 unspecified atom stereocenters. The fourth-order valence-electron chi connectivity index (χ4n) is 2.11. The third kappa shape index (κ3) is 3.34. The van der Waals surface area contributed by atoms with Gasteiger partial charge in [0, 0.05) is 18.1 Å². The van der Waals surface area contributed by atoms with Crippen LogP contribution in [-0.4, -0.2) is 0 Å². The molecule has 0 spiro atoms. The van der Waals surface area contributed by atoms with E-state index in [0.717, 1.165) is 18.1 Å². The van der Waals surface area contributed by atoms with Crippen LogP contribution in [-0.2, 0) is 13.1 Å². The van der Waals surface area contributed by atoms with E-state index < -0.39 is 0 Å². The SMILES string of the molecule is Cc1cccc(C)c1CNCc1cccc(Cl)c1. The van der Waals surface area contributed by atoms with Crippen molar-refractivity contribution in [3.63, 3.8) is 0 Å². The lowest BCUT2D eigenvalue weighted by atomic mass is 10.0. The van der Waals surface area contributed by atoms with Crippen LogP contribution in [0.5, 0.6) is 0 Å². The molecule has 1 nitrogen and oxygen atoms in total. The Kier molecular flexibility index (Phi) is 4.40. The maximum Gasteiger partial charge on any atom is 0.0409 e. The van der Waals surface area contributed by atoms with E-state index in [-0.39, 0.29) is 0 Å². The number of halogens is 1. The minimum Gasteiger partial charge on any atom is -0.309 e. The molecular weight excluding hydrogens is 242 g/mol. The van der Waals surface area contributed by atoms with Gasteiger partial charge in [-0.15, -0.1) is 0 Å². The van der Waals surface area contributed by atoms with E-state index in [2.05, 4.69) is 43.4 Å². The Balaban J connectivity index is 1.97. The summed E-state index contributed by atoms with van der Waals surface area (Å²) in [5.41, 5.74) is 5.29. The lowest BCUT2D eigenvalue weighted by Gasteiger charge is -2.11. The van der Waals surface area contributed by atoms with Crippen molar-refractivity contribution in [2.45, 2.75) is 26.9 Å². The van der Waals surface area contributed by atoms with E-state index in [1.807, 2.05) is 18.2 Å². The lowest BCUT2D eigenvalue weighted by molar-refractivity contribution is 0.688. The first-order valence-corrected chi connectivity index (χ1v) is 6.55. The molecule has 0 aliphatic carbocycles. The van der Waals surface area contributed by atoms with Gasteiger partial charge in [-0.25, -0.2) is 0 Å². The highest BCUT2D eigenvalue weighted by molar-refractivity contribution is 6.30. The van der Waals surface area contributed by atoms with E-state index in [0.29, 0.717) is 0 Å². The van der Waals surface area contributed by atoms with Crippen molar-refractivity contribution < 1.29 is 0 Å². The van der Waals surface area contributed by atoms with Gasteiger partial charge in [-0.3, -0.25) is 0 Å². The topological polar surface area (TPSA) is 12.0 Å². The van der Waals surface area contributed by atoms with E-state index in [1.165, 1.54) is 22.3 Å². The summed E-state index contributed by atoms with van der Waals surface area (Å²) in [7, 11) is 0. The Morgan fingerprint density at radius 2 is 1.61 bits per heavy atom. The van der Waals surface area contributed by atoms with Crippen molar-refractivity contribution in [2.75, 3.05) is 0 Å². The van der Waals surface area contributed by atoms with Crippen LogP contribution in [0.15, 0.2) is 42.5 Å². The first kappa shape index (κ1) is 13.1. The number of rotatable bonds is 4. The Labute approximate surface area is 114 Å². The Hall–Kier alpha value is -1.31. The van der Waals surface area contributed by atoms with E-state index in [4.69, 9.17) is 11.6 Å². The molecule has 94 valence electrons.